The summed E-state index contributed by atoms with van der Waals surface area (Å²) >= 11 is 0. The molecule has 1 aliphatic carbocycles. The van der Waals surface area contributed by atoms with E-state index in [9.17, 15) is 0 Å². The highest BCUT2D eigenvalue weighted by atomic mass is 16.5. The number of aromatic nitrogens is 2. The van der Waals surface area contributed by atoms with Gasteiger partial charge in [0.2, 0.25) is 0 Å². The lowest BCUT2D eigenvalue weighted by atomic mass is 9.88. The van der Waals surface area contributed by atoms with Crippen molar-refractivity contribution in [2.75, 3.05) is 6.61 Å². The Morgan fingerprint density at radius 2 is 1.82 bits per heavy atom. The third kappa shape index (κ3) is 4.24. The van der Waals surface area contributed by atoms with E-state index in [4.69, 9.17) is 9.72 Å². The van der Waals surface area contributed by atoms with Crippen LogP contribution in [0.5, 0.6) is 5.75 Å². The number of benzene rings is 2. The Labute approximate surface area is 168 Å². The van der Waals surface area contributed by atoms with Crippen LogP contribution in [0.3, 0.4) is 0 Å². The fourth-order valence-electron chi connectivity index (χ4n) is 4.52. The van der Waals surface area contributed by atoms with E-state index in [0.717, 1.165) is 37.3 Å². The highest BCUT2D eigenvalue weighted by Crippen LogP contribution is 2.34. The second-order valence-corrected chi connectivity index (χ2v) is 8.27. The fraction of sp³-hybridized carbons (Fsp3) is 0.480. The summed E-state index contributed by atoms with van der Waals surface area (Å²) in [4.78, 5) is 5.03. The van der Waals surface area contributed by atoms with Gasteiger partial charge < -0.3 is 9.30 Å². The van der Waals surface area contributed by atoms with Crippen LogP contribution in [0.4, 0.5) is 0 Å². The summed E-state index contributed by atoms with van der Waals surface area (Å²) in [6, 6.07) is 15.0. The van der Waals surface area contributed by atoms with Gasteiger partial charge >= 0.3 is 0 Å². The van der Waals surface area contributed by atoms with Gasteiger partial charge in [0.05, 0.1) is 17.6 Å². The molecule has 0 amide bonds. The lowest BCUT2D eigenvalue weighted by molar-refractivity contribution is 0.300. The van der Waals surface area contributed by atoms with E-state index in [-0.39, 0.29) is 0 Å². The zero-order valence-electron chi connectivity index (χ0n) is 17.3. The van der Waals surface area contributed by atoms with Crippen LogP contribution in [-0.2, 0) is 6.54 Å². The minimum Gasteiger partial charge on any atom is -0.493 e. The van der Waals surface area contributed by atoms with E-state index in [1.807, 2.05) is 0 Å². The first kappa shape index (κ1) is 19.0. The minimum absolute atomic E-state index is 0.632. The third-order valence-corrected chi connectivity index (χ3v) is 6.02. The van der Waals surface area contributed by atoms with E-state index in [0.29, 0.717) is 5.92 Å². The van der Waals surface area contributed by atoms with E-state index < -0.39 is 0 Å². The molecule has 148 valence electrons. The van der Waals surface area contributed by atoms with Crippen LogP contribution in [0.15, 0.2) is 42.5 Å². The minimum atomic E-state index is 0.632. The molecule has 1 aromatic heterocycles. The summed E-state index contributed by atoms with van der Waals surface area (Å²) in [5, 5.41) is 0. The van der Waals surface area contributed by atoms with Gasteiger partial charge in [-0.3, -0.25) is 0 Å². The third-order valence-electron chi connectivity index (χ3n) is 6.02. The number of para-hydroxylation sites is 2. The molecule has 0 bridgehead atoms. The number of ether oxygens (including phenoxy) is 1. The quantitative estimate of drug-likeness (QED) is 0.437. The Morgan fingerprint density at radius 3 is 2.64 bits per heavy atom. The molecule has 1 fully saturated rings. The normalized spacial score (nSPS) is 15.2. The van der Waals surface area contributed by atoms with Crippen molar-refractivity contribution in [1.82, 2.24) is 9.55 Å². The van der Waals surface area contributed by atoms with Crippen molar-refractivity contribution >= 4 is 11.0 Å². The number of aryl methyl sites for hydroxylation is 3. The van der Waals surface area contributed by atoms with Gasteiger partial charge in [0.1, 0.15) is 11.6 Å². The molecule has 4 rings (SSSR count). The second kappa shape index (κ2) is 8.81. The monoisotopic (exact) mass is 376 g/mol. The molecule has 0 spiro atoms. The molecular formula is C25H32N2O. The van der Waals surface area contributed by atoms with Crippen LogP contribution in [0.2, 0.25) is 0 Å². The van der Waals surface area contributed by atoms with Gasteiger partial charge in [-0.25, -0.2) is 4.98 Å². The van der Waals surface area contributed by atoms with Gasteiger partial charge in [-0.1, -0.05) is 49.1 Å². The maximum absolute atomic E-state index is 6.02. The Hall–Kier alpha value is -2.29. The molecule has 0 radical (unpaired) electrons. The number of hydrogen-bond donors (Lipinski definition) is 0. The summed E-state index contributed by atoms with van der Waals surface area (Å²) < 4.78 is 8.51. The molecule has 3 aromatic rings. The highest BCUT2D eigenvalue weighted by Gasteiger charge is 2.22. The number of rotatable bonds is 7. The van der Waals surface area contributed by atoms with Crippen LogP contribution < -0.4 is 4.74 Å². The zero-order chi connectivity index (χ0) is 19.3. The van der Waals surface area contributed by atoms with Gasteiger partial charge in [-0.15, -0.1) is 0 Å². The molecule has 0 unspecified atom stereocenters. The van der Waals surface area contributed by atoms with E-state index in [1.54, 1.807) is 0 Å². The number of nitrogens with zero attached hydrogens (tertiary/aromatic N) is 2. The van der Waals surface area contributed by atoms with Crippen molar-refractivity contribution in [1.29, 1.82) is 0 Å². The number of unbranched alkanes of at least 4 members (excludes halogenated alkanes) is 1. The van der Waals surface area contributed by atoms with Crippen LogP contribution in [-0.4, -0.2) is 16.2 Å². The first-order valence-electron chi connectivity index (χ1n) is 10.9. The van der Waals surface area contributed by atoms with Crippen LogP contribution in [0, 0.1) is 13.8 Å². The molecule has 3 nitrogen and oxygen atoms in total. The smallest absolute Gasteiger partial charge is 0.122 e. The Morgan fingerprint density at radius 1 is 1.00 bits per heavy atom. The first-order valence-corrected chi connectivity index (χ1v) is 10.9. The van der Waals surface area contributed by atoms with Crippen molar-refractivity contribution < 1.29 is 4.74 Å². The van der Waals surface area contributed by atoms with Gasteiger partial charge in [0.25, 0.3) is 0 Å². The maximum atomic E-state index is 6.02. The van der Waals surface area contributed by atoms with Gasteiger partial charge in [0, 0.05) is 12.5 Å². The van der Waals surface area contributed by atoms with Gasteiger partial charge in [-0.2, -0.15) is 0 Å². The van der Waals surface area contributed by atoms with Crippen molar-refractivity contribution in [3.8, 4) is 5.75 Å². The lowest BCUT2D eigenvalue weighted by Gasteiger charge is -2.22. The zero-order valence-corrected chi connectivity index (χ0v) is 17.3. The molecule has 0 atom stereocenters. The molecule has 28 heavy (non-hydrogen) atoms. The van der Waals surface area contributed by atoms with Gasteiger partial charge in [0.15, 0.2) is 0 Å². The molecule has 1 heterocycles. The highest BCUT2D eigenvalue weighted by molar-refractivity contribution is 5.76. The van der Waals surface area contributed by atoms with E-state index >= 15 is 0 Å². The van der Waals surface area contributed by atoms with E-state index in [2.05, 4.69) is 60.9 Å². The average molecular weight is 377 g/mol. The summed E-state index contributed by atoms with van der Waals surface area (Å²) in [5.74, 6) is 2.96. The molecule has 0 aliphatic heterocycles. The topological polar surface area (TPSA) is 27.1 Å². The largest absolute Gasteiger partial charge is 0.493 e. The number of fused-ring (bicyclic) bond motifs is 1. The van der Waals surface area contributed by atoms with Crippen LogP contribution >= 0.6 is 0 Å². The summed E-state index contributed by atoms with van der Waals surface area (Å²) in [6.07, 6.45) is 8.83. The first-order chi connectivity index (χ1) is 13.7. The number of hydrogen-bond acceptors (Lipinski definition) is 2. The SMILES string of the molecule is Cc1ccc(OCCCCn2c(C3CCCCC3)nc3ccccc32)c(C)c1. The Bertz CT molecular complexity index is 921. The second-order valence-electron chi connectivity index (χ2n) is 8.27. The van der Waals surface area contributed by atoms with Crippen molar-refractivity contribution in [3.05, 3.63) is 59.4 Å². The molecule has 0 saturated heterocycles. The summed E-state index contributed by atoms with van der Waals surface area (Å²) in [6.45, 7) is 6.05. The average Bonchev–Trinajstić information content (AvgIpc) is 3.08. The van der Waals surface area contributed by atoms with Crippen molar-refractivity contribution in [2.45, 2.75) is 71.3 Å². The molecule has 2 aromatic carbocycles. The molecular weight excluding hydrogens is 344 g/mol. The fourth-order valence-corrected chi connectivity index (χ4v) is 4.52. The van der Waals surface area contributed by atoms with Crippen molar-refractivity contribution in [2.24, 2.45) is 0 Å². The van der Waals surface area contributed by atoms with Gasteiger partial charge in [-0.05, 0) is 63.3 Å². The summed E-state index contributed by atoms with van der Waals surface area (Å²) in [7, 11) is 0. The van der Waals surface area contributed by atoms with Crippen LogP contribution in [0.25, 0.3) is 11.0 Å². The molecule has 1 aliphatic rings. The lowest BCUT2D eigenvalue weighted by Crippen LogP contribution is -2.13. The standard InChI is InChI=1S/C25H32N2O/c1-19-14-15-24(20(2)18-19)28-17-9-8-16-27-23-13-7-6-12-22(23)26-25(27)21-10-4-3-5-11-21/h6-7,12-15,18,21H,3-5,8-11,16-17H2,1-2H3. The van der Waals surface area contributed by atoms with Crippen LogP contribution in [0.1, 0.15) is 67.8 Å². The molecule has 3 heteroatoms. The number of imidazole rings is 1. The predicted molar refractivity (Wildman–Crippen MR) is 116 cm³/mol. The Kier molecular flexibility index (Phi) is 5.99. The maximum Gasteiger partial charge on any atom is 0.122 e. The van der Waals surface area contributed by atoms with E-state index in [1.165, 1.54) is 54.6 Å². The Balaban J connectivity index is 1.39. The predicted octanol–water partition coefficient (Wildman–Crippen LogP) is 6.56. The molecule has 0 N–H and O–H groups in total. The molecule has 1 saturated carbocycles. The summed E-state index contributed by atoms with van der Waals surface area (Å²) in [5.41, 5.74) is 4.94. The van der Waals surface area contributed by atoms with Crippen molar-refractivity contribution in [3.63, 3.8) is 0 Å².